The minimum atomic E-state index is 0.130. The average molecular weight is 436 g/mol. The molecular weight excluding hydrogens is 418 g/mol. The van der Waals surface area contributed by atoms with Gasteiger partial charge in [0.2, 0.25) is 6.79 Å². The van der Waals surface area contributed by atoms with E-state index in [0.717, 1.165) is 5.56 Å². The summed E-state index contributed by atoms with van der Waals surface area (Å²) in [6.07, 6.45) is 0.465. The lowest BCUT2D eigenvalue weighted by molar-refractivity contribution is 0.174. The summed E-state index contributed by atoms with van der Waals surface area (Å²) in [5, 5.41) is 11.1. The molecule has 0 radical (unpaired) electrons. The Balaban J connectivity index is 1.53. The summed E-state index contributed by atoms with van der Waals surface area (Å²) in [6.45, 7) is 0.340. The van der Waals surface area contributed by atoms with E-state index < -0.39 is 0 Å². The number of hydrogen-bond acceptors (Lipinski definition) is 7. The molecule has 0 saturated heterocycles. The van der Waals surface area contributed by atoms with Gasteiger partial charge in [0.05, 0.1) is 21.9 Å². The van der Waals surface area contributed by atoms with Crippen LogP contribution in [0.15, 0.2) is 54.6 Å². The molecule has 156 valence electrons. The number of phenols is 1. The number of fused-ring (bicyclic) bond motifs is 2. The van der Waals surface area contributed by atoms with E-state index in [0.29, 0.717) is 50.8 Å². The van der Waals surface area contributed by atoms with E-state index in [1.807, 2.05) is 24.3 Å². The molecule has 1 aliphatic heterocycles. The van der Waals surface area contributed by atoms with E-state index in [9.17, 15) is 5.11 Å². The highest BCUT2D eigenvalue weighted by molar-refractivity contribution is 6.34. The molecule has 0 amide bonds. The maximum Gasteiger partial charge on any atom is 0.317 e. The van der Waals surface area contributed by atoms with E-state index in [2.05, 4.69) is 9.97 Å². The van der Waals surface area contributed by atoms with Gasteiger partial charge in [0.25, 0.3) is 0 Å². The van der Waals surface area contributed by atoms with Crippen molar-refractivity contribution in [3.05, 3.63) is 76.4 Å². The molecule has 7 nitrogen and oxygen atoms in total. The van der Waals surface area contributed by atoms with Gasteiger partial charge >= 0.3 is 6.01 Å². The minimum absolute atomic E-state index is 0.130. The Morgan fingerprint density at radius 3 is 2.74 bits per heavy atom. The Bertz CT molecular complexity index is 1300. The number of anilines is 1. The first kappa shape index (κ1) is 19.3. The smallest absolute Gasteiger partial charge is 0.317 e. The zero-order chi connectivity index (χ0) is 21.4. The van der Waals surface area contributed by atoms with Crippen LogP contribution >= 0.6 is 11.6 Å². The van der Waals surface area contributed by atoms with Gasteiger partial charge in [-0.15, -0.1) is 0 Å². The third-order valence-corrected chi connectivity index (χ3v) is 5.39. The van der Waals surface area contributed by atoms with Crippen LogP contribution in [0.1, 0.15) is 16.8 Å². The molecule has 0 unspecified atom stereocenters. The van der Waals surface area contributed by atoms with Gasteiger partial charge in [-0.1, -0.05) is 35.9 Å². The monoisotopic (exact) mass is 435 g/mol. The fourth-order valence-electron chi connectivity index (χ4n) is 3.49. The first-order valence-corrected chi connectivity index (χ1v) is 9.99. The van der Waals surface area contributed by atoms with Crippen molar-refractivity contribution in [1.82, 2.24) is 9.97 Å². The second-order valence-corrected chi connectivity index (χ2v) is 7.50. The molecule has 3 aromatic carbocycles. The van der Waals surface area contributed by atoms with E-state index in [4.69, 9.17) is 31.5 Å². The van der Waals surface area contributed by atoms with Gasteiger partial charge in [-0.2, -0.15) is 9.97 Å². The summed E-state index contributed by atoms with van der Waals surface area (Å²) in [4.78, 5) is 9.09. The topological polar surface area (TPSA) is 99.7 Å². The molecule has 0 spiro atoms. The van der Waals surface area contributed by atoms with Crippen molar-refractivity contribution in [1.29, 1.82) is 0 Å². The summed E-state index contributed by atoms with van der Waals surface area (Å²) in [5.74, 6) is 1.56. The van der Waals surface area contributed by atoms with Gasteiger partial charge in [-0.25, -0.2) is 0 Å². The molecule has 0 bridgehead atoms. The van der Waals surface area contributed by atoms with Crippen molar-refractivity contribution < 1.29 is 19.3 Å². The summed E-state index contributed by atoms with van der Waals surface area (Å²) < 4.78 is 16.7. The molecule has 1 aliphatic rings. The van der Waals surface area contributed by atoms with Crippen molar-refractivity contribution >= 4 is 28.2 Å². The summed E-state index contributed by atoms with van der Waals surface area (Å²) in [7, 11) is 0. The third kappa shape index (κ3) is 3.75. The SMILES string of the molecule is Nc1c(Cl)ccc2nc(OCc3ccccc3O)nc(Cc3ccc4c(c3)OCO4)c12. The van der Waals surface area contributed by atoms with Gasteiger partial charge in [-0.05, 0) is 35.9 Å². The molecule has 8 heteroatoms. The lowest BCUT2D eigenvalue weighted by atomic mass is 10.0. The molecule has 5 rings (SSSR count). The van der Waals surface area contributed by atoms with Crippen molar-refractivity contribution in [2.45, 2.75) is 13.0 Å². The van der Waals surface area contributed by atoms with Crippen LogP contribution < -0.4 is 19.9 Å². The quantitative estimate of drug-likeness (QED) is 0.446. The van der Waals surface area contributed by atoms with E-state index >= 15 is 0 Å². The number of nitrogen functional groups attached to an aromatic ring is 1. The fourth-order valence-corrected chi connectivity index (χ4v) is 3.65. The lowest BCUT2D eigenvalue weighted by Crippen LogP contribution is -2.05. The maximum atomic E-state index is 9.98. The molecule has 1 aromatic heterocycles. The van der Waals surface area contributed by atoms with Gasteiger partial charge in [0.1, 0.15) is 12.4 Å². The predicted molar refractivity (Wildman–Crippen MR) is 117 cm³/mol. The normalized spacial score (nSPS) is 12.3. The first-order valence-electron chi connectivity index (χ1n) is 9.61. The first-order chi connectivity index (χ1) is 15.1. The lowest BCUT2D eigenvalue weighted by Gasteiger charge is -2.13. The number of aromatic hydroxyl groups is 1. The van der Waals surface area contributed by atoms with Crippen LogP contribution in [0.3, 0.4) is 0 Å². The number of benzene rings is 3. The fraction of sp³-hybridized carbons (Fsp3) is 0.130. The number of phenolic OH excluding ortho intramolecular Hbond substituents is 1. The largest absolute Gasteiger partial charge is 0.508 e. The molecule has 3 N–H and O–H groups in total. The van der Waals surface area contributed by atoms with Crippen LogP contribution in [0, 0.1) is 0 Å². The molecule has 0 fully saturated rings. The van der Waals surface area contributed by atoms with Crippen LogP contribution in [0.5, 0.6) is 23.3 Å². The van der Waals surface area contributed by atoms with Gasteiger partial charge < -0.3 is 25.1 Å². The maximum absolute atomic E-state index is 9.98. The molecule has 0 atom stereocenters. The highest BCUT2D eigenvalue weighted by Crippen LogP contribution is 2.35. The highest BCUT2D eigenvalue weighted by Gasteiger charge is 2.17. The van der Waals surface area contributed by atoms with E-state index in [1.165, 1.54) is 0 Å². The van der Waals surface area contributed by atoms with Crippen LogP contribution in [0.4, 0.5) is 5.69 Å². The number of rotatable bonds is 5. The van der Waals surface area contributed by atoms with Crippen LogP contribution in [0.25, 0.3) is 10.9 Å². The Hall–Kier alpha value is -3.71. The van der Waals surface area contributed by atoms with Crippen LogP contribution in [-0.2, 0) is 13.0 Å². The molecule has 0 aliphatic carbocycles. The van der Waals surface area contributed by atoms with E-state index in [-0.39, 0.29) is 25.2 Å². The Morgan fingerprint density at radius 1 is 1.03 bits per heavy atom. The van der Waals surface area contributed by atoms with Gasteiger partial charge in [0.15, 0.2) is 11.5 Å². The zero-order valence-corrected chi connectivity index (χ0v) is 17.1. The third-order valence-electron chi connectivity index (χ3n) is 5.06. The molecule has 4 aromatic rings. The summed E-state index contributed by atoms with van der Waals surface area (Å²) in [6, 6.07) is 16.4. The summed E-state index contributed by atoms with van der Waals surface area (Å²) in [5.41, 5.74) is 9.59. The zero-order valence-electron chi connectivity index (χ0n) is 16.3. The van der Waals surface area contributed by atoms with Crippen LogP contribution in [-0.4, -0.2) is 21.9 Å². The standard InChI is InChI=1S/C23H18ClN3O4/c24-15-6-7-16-21(22(15)25)17(9-13-5-8-19-20(10-13)31-12-30-19)27-23(26-16)29-11-14-3-1-2-4-18(14)28/h1-8,10,28H,9,11-12,25H2. The summed E-state index contributed by atoms with van der Waals surface area (Å²) >= 11 is 6.26. The van der Waals surface area contributed by atoms with Crippen molar-refractivity contribution in [3.8, 4) is 23.3 Å². The Labute approximate surface area is 183 Å². The van der Waals surface area contributed by atoms with Crippen molar-refractivity contribution in [2.24, 2.45) is 0 Å². The molecule has 2 heterocycles. The van der Waals surface area contributed by atoms with Crippen molar-refractivity contribution in [2.75, 3.05) is 12.5 Å². The number of para-hydroxylation sites is 1. The molecule has 31 heavy (non-hydrogen) atoms. The number of ether oxygens (including phenoxy) is 3. The highest BCUT2D eigenvalue weighted by atomic mass is 35.5. The number of halogens is 1. The Morgan fingerprint density at radius 2 is 1.87 bits per heavy atom. The molecule has 0 saturated carbocycles. The predicted octanol–water partition coefficient (Wildman–Crippen LogP) is 4.47. The number of hydrogen-bond donors (Lipinski definition) is 2. The van der Waals surface area contributed by atoms with E-state index in [1.54, 1.807) is 30.3 Å². The number of nitrogens with two attached hydrogens (primary N) is 1. The van der Waals surface area contributed by atoms with Gasteiger partial charge in [-0.3, -0.25) is 0 Å². The van der Waals surface area contributed by atoms with Crippen molar-refractivity contribution in [3.63, 3.8) is 0 Å². The van der Waals surface area contributed by atoms with Crippen LogP contribution in [0.2, 0.25) is 5.02 Å². The second kappa shape index (κ2) is 7.85. The van der Waals surface area contributed by atoms with Gasteiger partial charge in [0, 0.05) is 17.4 Å². The number of aromatic nitrogens is 2. The second-order valence-electron chi connectivity index (χ2n) is 7.09. The average Bonchev–Trinajstić information content (AvgIpc) is 3.23. The molecular formula is C23H18ClN3O4. The number of nitrogens with zero attached hydrogens (tertiary/aromatic N) is 2. The minimum Gasteiger partial charge on any atom is -0.508 e. The Kier molecular flexibility index (Phi) is 4.88.